The van der Waals surface area contributed by atoms with Crippen LogP contribution in [0.2, 0.25) is 0 Å². The largest absolute Gasteiger partial charge is 0.477 e. The summed E-state index contributed by atoms with van der Waals surface area (Å²) in [5.41, 5.74) is 0.0557. The molecular weight excluding hydrogens is 524 g/mol. The number of amides is 2. The topological polar surface area (TPSA) is 163 Å². The highest BCUT2D eigenvalue weighted by atomic mass is 32.2. The Hall–Kier alpha value is -2.84. The van der Waals surface area contributed by atoms with Gasteiger partial charge < -0.3 is 25.5 Å². The highest BCUT2D eigenvalue weighted by Crippen LogP contribution is 2.53. The summed E-state index contributed by atoms with van der Waals surface area (Å²) in [7, 11) is 0. The van der Waals surface area contributed by atoms with Crippen LogP contribution in [0.3, 0.4) is 0 Å². The second-order valence-electron chi connectivity index (χ2n) is 11.5. The molecule has 13 nitrogen and oxygen atoms in total. The average molecular weight is 559 g/mol. The van der Waals surface area contributed by atoms with Gasteiger partial charge >= 0.3 is 5.97 Å². The molecule has 5 aliphatic heterocycles. The standard InChI is InChI=1S/C25H34N8O5S/c1-12(5-15(34)10-31-11-28-29-30-31)19-20-13(2)22(21(25(37)38)33(20)24(19)36)39-16-6-17(27-8-16)23(35)32-4-3-14-7-26-9-18(14)32/h11-14,16-20,26-27H,3-10H2,1-2H3,(H,37,38)/t12-,13+,14?,16+,17-,18?,19+,20+/m0/s1. The van der Waals surface area contributed by atoms with Gasteiger partial charge in [0.05, 0.1) is 18.0 Å². The molecule has 8 atom stereocenters. The molecule has 2 unspecified atom stereocenters. The first-order chi connectivity index (χ1) is 18.7. The number of aromatic nitrogens is 4. The van der Waals surface area contributed by atoms with E-state index in [4.69, 9.17) is 0 Å². The van der Waals surface area contributed by atoms with Crippen LogP contribution >= 0.6 is 11.8 Å². The Kier molecular flexibility index (Phi) is 6.96. The van der Waals surface area contributed by atoms with Gasteiger partial charge in [0.15, 0.2) is 5.78 Å². The Labute approximate surface area is 230 Å². The molecule has 0 saturated carbocycles. The summed E-state index contributed by atoms with van der Waals surface area (Å²) in [5, 5.41) is 27.7. The molecule has 3 N–H and O–H groups in total. The van der Waals surface area contributed by atoms with Gasteiger partial charge in [-0.1, -0.05) is 13.8 Å². The number of carbonyl (C=O) groups excluding carboxylic acids is 3. The normalized spacial score (nSPS) is 34.3. The lowest BCUT2D eigenvalue weighted by molar-refractivity contribution is -0.160. The van der Waals surface area contributed by atoms with E-state index in [1.807, 2.05) is 18.7 Å². The first-order valence-electron chi connectivity index (χ1n) is 13.7. The summed E-state index contributed by atoms with van der Waals surface area (Å²) in [6, 6.07) is -0.287. The number of likely N-dealkylation sites (tertiary alicyclic amines) is 1. The highest BCUT2D eigenvalue weighted by Gasteiger charge is 2.60. The number of aliphatic carboxylic acids is 1. The van der Waals surface area contributed by atoms with Gasteiger partial charge in [0.2, 0.25) is 11.8 Å². The van der Waals surface area contributed by atoms with Gasteiger partial charge in [-0.05, 0) is 35.1 Å². The zero-order valence-corrected chi connectivity index (χ0v) is 22.8. The monoisotopic (exact) mass is 558 g/mol. The number of ketones is 1. The van der Waals surface area contributed by atoms with Crippen molar-refractivity contribution in [2.24, 2.45) is 23.7 Å². The number of β-lactam (4-membered cyclic amide) rings is 1. The number of hydrogen-bond donors (Lipinski definition) is 3. The van der Waals surface area contributed by atoms with E-state index in [1.54, 1.807) is 0 Å². The second-order valence-corrected chi connectivity index (χ2v) is 12.8. The molecule has 0 aromatic carbocycles. The van der Waals surface area contributed by atoms with Crippen LogP contribution in [0.1, 0.15) is 33.1 Å². The molecule has 0 spiro atoms. The summed E-state index contributed by atoms with van der Waals surface area (Å²) in [5.74, 6) is -1.60. The van der Waals surface area contributed by atoms with Crippen LogP contribution < -0.4 is 10.6 Å². The molecule has 6 rings (SSSR count). The molecular formula is C25H34N8O5S. The van der Waals surface area contributed by atoms with Crippen molar-refractivity contribution in [2.75, 3.05) is 26.2 Å². The van der Waals surface area contributed by atoms with Gasteiger partial charge in [-0.15, -0.1) is 16.9 Å². The van der Waals surface area contributed by atoms with E-state index in [0.29, 0.717) is 23.8 Å². The van der Waals surface area contributed by atoms with Crippen LogP contribution in [-0.2, 0) is 25.7 Å². The number of thioether (sulfide) groups is 1. The molecule has 39 heavy (non-hydrogen) atoms. The van der Waals surface area contributed by atoms with E-state index in [2.05, 4.69) is 26.2 Å². The van der Waals surface area contributed by atoms with Gasteiger partial charge in [0.25, 0.3) is 0 Å². The maximum atomic E-state index is 13.3. The quantitative estimate of drug-likeness (QED) is 0.329. The first kappa shape index (κ1) is 26.4. The fraction of sp³-hybridized carbons (Fsp3) is 0.720. The van der Waals surface area contributed by atoms with Crippen molar-refractivity contribution in [3.8, 4) is 0 Å². The predicted octanol–water partition coefficient (Wildman–Crippen LogP) is -0.675. The van der Waals surface area contributed by atoms with Crippen molar-refractivity contribution in [3.63, 3.8) is 0 Å². The minimum absolute atomic E-state index is 0.0336. The molecule has 4 fully saturated rings. The molecule has 210 valence electrons. The van der Waals surface area contributed by atoms with E-state index in [0.717, 1.165) is 26.1 Å². The summed E-state index contributed by atoms with van der Waals surface area (Å²) in [6.07, 6.45) is 3.21. The van der Waals surface area contributed by atoms with Gasteiger partial charge in [-0.3, -0.25) is 14.4 Å². The number of fused-ring (bicyclic) bond motifs is 2. The Bertz CT molecular complexity index is 1210. The molecule has 0 aliphatic carbocycles. The third-order valence-electron chi connectivity index (χ3n) is 9.09. The molecule has 0 bridgehead atoms. The molecule has 5 aliphatic rings. The molecule has 0 radical (unpaired) electrons. The summed E-state index contributed by atoms with van der Waals surface area (Å²) in [4.78, 5) is 55.5. The van der Waals surface area contributed by atoms with E-state index in [-0.39, 0.29) is 71.5 Å². The van der Waals surface area contributed by atoms with Gasteiger partial charge in [-0.25, -0.2) is 9.48 Å². The van der Waals surface area contributed by atoms with Gasteiger partial charge in [-0.2, -0.15) is 0 Å². The average Bonchev–Trinajstić information content (AvgIpc) is 3.69. The van der Waals surface area contributed by atoms with Gasteiger partial charge in [0.1, 0.15) is 18.6 Å². The maximum absolute atomic E-state index is 13.3. The van der Waals surface area contributed by atoms with E-state index >= 15 is 0 Å². The lowest BCUT2D eigenvalue weighted by Gasteiger charge is -2.47. The smallest absolute Gasteiger partial charge is 0.353 e. The van der Waals surface area contributed by atoms with Crippen LogP contribution in [0.15, 0.2) is 16.9 Å². The molecule has 6 heterocycles. The number of nitrogens with zero attached hydrogens (tertiary/aromatic N) is 6. The zero-order chi connectivity index (χ0) is 27.4. The number of hydrogen-bond acceptors (Lipinski definition) is 10. The predicted molar refractivity (Wildman–Crippen MR) is 139 cm³/mol. The Morgan fingerprint density at radius 3 is 2.82 bits per heavy atom. The minimum atomic E-state index is -1.11. The fourth-order valence-electron chi connectivity index (χ4n) is 7.23. The molecule has 2 amide bonds. The number of carbonyl (C=O) groups is 4. The number of carboxylic acid groups (broad SMARTS) is 1. The van der Waals surface area contributed by atoms with Crippen LogP contribution in [0.4, 0.5) is 0 Å². The number of rotatable bonds is 9. The van der Waals surface area contributed by atoms with E-state index in [9.17, 15) is 24.3 Å². The summed E-state index contributed by atoms with van der Waals surface area (Å²) < 4.78 is 1.35. The maximum Gasteiger partial charge on any atom is 0.353 e. The summed E-state index contributed by atoms with van der Waals surface area (Å²) >= 11 is 1.49. The van der Waals surface area contributed by atoms with Crippen molar-refractivity contribution >= 4 is 35.3 Å². The first-order valence-corrected chi connectivity index (χ1v) is 14.6. The number of carboxylic acids is 1. The zero-order valence-electron chi connectivity index (χ0n) is 22.0. The number of Topliss-reactive ketones (excluding diaryl/α,β-unsaturated/α-hetero) is 1. The van der Waals surface area contributed by atoms with E-state index < -0.39 is 11.9 Å². The van der Waals surface area contributed by atoms with Gasteiger partial charge in [0, 0.05) is 54.7 Å². The van der Waals surface area contributed by atoms with E-state index in [1.165, 1.54) is 27.7 Å². The molecule has 4 saturated heterocycles. The van der Waals surface area contributed by atoms with Crippen molar-refractivity contribution < 1.29 is 24.3 Å². The number of tetrazole rings is 1. The third kappa shape index (κ3) is 4.55. The molecule has 14 heteroatoms. The lowest BCUT2D eigenvalue weighted by Crippen LogP contribution is -2.62. The molecule has 1 aromatic heterocycles. The second kappa shape index (κ2) is 10.3. The Balaban J connectivity index is 1.10. The minimum Gasteiger partial charge on any atom is -0.477 e. The summed E-state index contributed by atoms with van der Waals surface area (Å²) in [6.45, 7) is 7.09. The lowest BCUT2D eigenvalue weighted by atomic mass is 9.73. The third-order valence-corrected chi connectivity index (χ3v) is 10.6. The van der Waals surface area contributed by atoms with Crippen molar-refractivity contribution in [3.05, 3.63) is 16.9 Å². The fourth-order valence-corrected chi connectivity index (χ4v) is 8.71. The molecule has 1 aromatic rings. The highest BCUT2D eigenvalue weighted by molar-refractivity contribution is 8.03. The SMILES string of the molecule is C[C@@H](CC(=O)Cn1cnnn1)[C@H]1C(=O)N2C(C(=O)O)=C(S[C@H]3CN[C@H](C(=O)N4CCC5CNCC54)C3)[C@H](C)[C@H]12. The van der Waals surface area contributed by atoms with Crippen LogP contribution in [0.5, 0.6) is 0 Å². The van der Waals surface area contributed by atoms with Crippen LogP contribution in [0, 0.1) is 23.7 Å². The Morgan fingerprint density at radius 1 is 1.26 bits per heavy atom. The van der Waals surface area contributed by atoms with Crippen molar-refractivity contribution in [1.29, 1.82) is 0 Å². The van der Waals surface area contributed by atoms with Crippen LogP contribution in [0.25, 0.3) is 0 Å². The number of nitrogens with one attached hydrogen (secondary N) is 2. The Morgan fingerprint density at radius 2 is 2.08 bits per heavy atom. The van der Waals surface area contributed by atoms with Crippen molar-refractivity contribution in [2.45, 2.75) is 63.0 Å². The van der Waals surface area contributed by atoms with Crippen molar-refractivity contribution in [1.82, 2.24) is 40.6 Å². The van der Waals surface area contributed by atoms with Crippen LogP contribution in [-0.4, -0.2) is 108 Å².